The highest BCUT2D eigenvalue weighted by Gasteiger charge is 2.20. The Morgan fingerprint density at radius 1 is 1.11 bits per heavy atom. The Morgan fingerprint density at radius 2 is 2.00 bits per heavy atom. The summed E-state index contributed by atoms with van der Waals surface area (Å²) in [6.45, 7) is 5.35. The molecule has 2 aliphatic rings. The lowest BCUT2D eigenvalue weighted by Gasteiger charge is -2.26. The highest BCUT2D eigenvalue weighted by atomic mass is 35.5. The number of nitrogens with one attached hydrogen (secondary N) is 2. The lowest BCUT2D eigenvalue weighted by atomic mass is 9.99. The Labute approximate surface area is 214 Å². The van der Waals surface area contributed by atoms with E-state index in [9.17, 15) is 0 Å². The van der Waals surface area contributed by atoms with Crippen LogP contribution in [0.5, 0.6) is 11.6 Å². The van der Waals surface area contributed by atoms with Crippen LogP contribution in [0.25, 0.3) is 22.0 Å². The van der Waals surface area contributed by atoms with Crippen LogP contribution >= 0.6 is 11.6 Å². The van der Waals surface area contributed by atoms with Gasteiger partial charge in [0.25, 0.3) is 0 Å². The van der Waals surface area contributed by atoms with Crippen LogP contribution in [-0.2, 0) is 13.0 Å². The van der Waals surface area contributed by atoms with Crippen molar-refractivity contribution >= 4 is 39.8 Å². The third-order valence-electron chi connectivity index (χ3n) is 6.88. The van der Waals surface area contributed by atoms with Gasteiger partial charge in [-0.1, -0.05) is 11.6 Å². The number of ether oxygens (including phenoxy) is 2. The molecule has 0 saturated heterocycles. The van der Waals surface area contributed by atoms with Gasteiger partial charge in [0.15, 0.2) is 0 Å². The van der Waals surface area contributed by atoms with Crippen LogP contribution in [-0.4, -0.2) is 53.7 Å². The van der Waals surface area contributed by atoms with E-state index in [4.69, 9.17) is 26.1 Å². The van der Waals surface area contributed by atoms with E-state index in [2.05, 4.69) is 44.7 Å². The Bertz CT molecular complexity index is 1490. The molecule has 4 heterocycles. The fourth-order valence-corrected chi connectivity index (χ4v) is 5.20. The molecule has 2 aliphatic heterocycles. The molecule has 0 saturated carbocycles. The Kier molecular flexibility index (Phi) is 5.78. The van der Waals surface area contributed by atoms with Crippen LogP contribution in [0, 0.1) is 6.92 Å². The molecule has 36 heavy (non-hydrogen) atoms. The van der Waals surface area contributed by atoms with Gasteiger partial charge in [0.2, 0.25) is 11.8 Å². The number of rotatable bonds is 4. The minimum atomic E-state index is 0.494. The molecular weight excluding hydrogens is 476 g/mol. The summed E-state index contributed by atoms with van der Waals surface area (Å²) in [6, 6.07) is 8.15. The summed E-state index contributed by atoms with van der Waals surface area (Å²) in [7, 11) is 3.82. The molecule has 0 unspecified atom stereocenters. The van der Waals surface area contributed by atoms with E-state index in [1.807, 2.05) is 25.3 Å². The zero-order chi connectivity index (χ0) is 24.8. The SMILES string of the molecule is COc1cc2c(cc1Nc1ncc3cc(Cl)c(-c4cnc5c(c4C)NCCO5)cc3n1)CN(C)CC2. The second-order valence-electron chi connectivity index (χ2n) is 9.27. The molecule has 8 nitrogen and oxygen atoms in total. The standard InChI is InChI=1S/C27H27ClN6O2/c1-15-20(13-30-26-25(15)29-5-7-36-26)19-11-22-17(8-21(19)28)12-31-27(32-22)33-23-9-18-14-34(2)6-4-16(18)10-24(23)35-3/h8-13,29H,4-7,14H2,1-3H3,(H,31,32,33). The predicted octanol–water partition coefficient (Wildman–Crippen LogP) is 5.20. The number of halogens is 1. The number of likely N-dealkylation sites (N-methyl/N-ethyl adjacent to an activating group) is 1. The maximum absolute atomic E-state index is 6.71. The first-order valence-electron chi connectivity index (χ1n) is 12.0. The first kappa shape index (κ1) is 22.8. The van der Waals surface area contributed by atoms with Gasteiger partial charge in [0.05, 0.1) is 18.3 Å². The smallest absolute Gasteiger partial charge is 0.237 e. The molecule has 2 aromatic heterocycles. The second kappa shape index (κ2) is 9.11. The summed E-state index contributed by atoms with van der Waals surface area (Å²) in [5, 5.41) is 8.24. The zero-order valence-electron chi connectivity index (χ0n) is 20.5. The van der Waals surface area contributed by atoms with E-state index < -0.39 is 0 Å². The third-order valence-corrected chi connectivity index (χ3v) is 7.19. The fraction of sp³-hybridized carbons (Fsp3) is 0.296. The lowest BCUT2D eigenvalue weighted by Crippen LogP contribution is -2.26. The van der Waals surface area contributed by atoms with Gasteiger partial charge in [-0.3, -0.25) is 0 Å². The highest BCUT2D eigenvalue weighted by molar-refractivity contribution is 6.34. The van der Waals surface area contributed by atoms with E-state index in [-0.39, 0.29) is 0 Å². The van der Waals surface area contributed by atoms with Crippen molar-refractivity contribution in [1.82, 2.24) is 19.9 Å². The number of aromatic nitrogens is 3. The second-order valence-corrected chi connectivity index (χ2v) is 9.68. The van der Waals surface area contributed by atoms with Crippen molar-refractivity contribution in [3.63, 3.8) is 0 Å². The van der Waals surface area contributed by atoms with Gasteiger partial charge in [0.1, 0.15) is 18.0 Å². The maximum atomic E-state index is 6.71. The first-order valence-corrected chi connectivity index (χ1v) is 12.4. The summed E-state index contributed by atoms with van der Waals surface area (Å²) in [5.41, 5.74) is 7.99. The van der Waals surface area contributed by atoms with Crippen LogP contribution in [0.3, 0.4) is 0 Å². The number of nitrogens with zero attached hydrogens (tertiary/aromatic N) is 4. The summed E-state index contributed by atoms with van der Waals surface area (Å²) in [6.07, 6.45) is 4.60. The minimum Gasteiger partial charge on any atom is -0.495 e. The third kappa shape index (κ3) is 4.06. The summed E-state index contributed by atoms with van der Waals surface area (Å²) in [4.78, 5) is 16.2. The highest BCUT2D eigenvalue weighted by Crippen LogP contribution is 2.39. The van der Waals surface area contributed by atoms with Crippen molar-refractivity contribution in [1.29, 1.82) is 0 Å². The van der Waals surface area contributed by atoms with Crippen molar-refractivity contribution in [2.45, 2.75) is 19.9 Å². The van der Waals surface area contributed by atoms with E-state index in [0.717, 1.165) is 70.8 Å². The Hall–Kier alpha value is -3.62. The molecule has 0 radical (unpaired) electrons. The molecule has 2 aromatic carbocycles. The molecule has 0 spiro atoms. The number of fused-ring (bicyclic) bond motifs is 3. The summed E-state index contributed by atoms with van der Waals surface area (Å²) in [5.74, 6) is 1.90. The number of benzene rings is 2. The van der Waals surface area contributed by atoms with Gasteiger partial charge in [0, 0.05) is 53.6 Å². The molecule has 0 bridgehead atoms. The van der Waals surface area contributed by atoms with Crippen LogP contribution in [0.2, 0.25) is 5.02 Å². The largest absolute Gasteiger partial charge is 0.495 e. The van der Waals surface area contributed by atoms with Crippen molar-refractivity contribution < 1.29 is 9.47 Å². The Balaban J connectivity index is 1.38. The molecule has 2 N–H and O–H groups in total. The van der Waals surface area contributed by atoms with Gasteiger partial charge in [-0.05, 0) is 61.3 Å². The van der Waals surface area contributed by atoms with E-state index in [0.29, 0.717) is 23.5 Å². The molecule has 0 fully saturated rings. The number of hydrogen-bond acceptors (Lipinski definition) is 8. The maximum Gasteiger partial charge on any atom is 0.237 e. The molecule has 9 heteroatoms. The van der Waals surface area contributed by atoms with E-state index >= 15 is 0 Å². The number of pyridine rings is 1. The average molecular weight is 503 g/mol. The van der Waals surface area contributed by atoms with Gasteiger partial charge in [-0.2, -0.15) is 0 Å². The summed E-state index contributed by atoms with van der Waals surface area (Å²) >= 11 is 6.71. The zero-order valence-corrected chi connectivity index (χ0v) is 21.2. The molecule has 4 aromatic rings. The lowest BCUT2D eigenvalue weighted by molar-refractivity contribution is 0.310. The van der Waals surface area contributed by atoms with Crippen LogP contribution in [0.1, 0.15) is 16.7 Å². The summed E-state index contributed by atoms with van der Waals surface area (Å²) < 4.78 is 11.4. The van der Waals surface area contributed by atoms with Crippen LogP contribution in [0.4, 0.5) is 17.3 Å². The molecular formula is C27H27ClN6O2. The van der Waals surface area contributed by atoms with Gasteiger partial charge in [-0.15, -0.1) is 0 Å². The first-order chi connectivity index (χ1) is 17.5. The number of anilines is 3. The Morgan fingerprint density at radius 3 is 2.86 bits per heavy atom. The van der Waals surface area contributed by atoms with Crippen molar-refractivity contribution in [2.75, 3.05) is 44.5 Å². The van der Waals surface area contributed by atoms with E-state index in [1.165, 1.54) is 11.1 Å². The van der Waals surface area contributed by atoms with Gasteiger partial charge >= 0.3 is 0 Å². The van der Waals surface area contributed by atoms with Gasteiger partial charge < -0.3 is 25.0 Å². The molecule has 0 aliphatic carbocycles. The minimum absolute atomic E-state index is 0.494. The van der Waals surface area contributed by atoms with E-state index in [1.54, 1.807) is 13.3 Å². The quantitative estimate of drug-likeness (QED) is 0.394. The predicted molar refractivity (Wildman–Crippen MR) is 143 cm³/mol. The van der Waals surface area contributed by atoms with Crippen molar-refractivity contribution in [3.05, 3.63) is 58.4 Å². The van der Waals surface area contributed by atoms with Crippen LogP contribution < -0.4 is 20.1 Å². The molecule has 184 valence electrons. The normalized spacial score (nSPS) is 15.0. The van der Waals surface area contributed by atoms with Crippen molar-refractivity contribution in [2.24, 2.45) is 0 Å². The van der Waals surface area contributed by atoms with Crippen LogP contribution in [0.15, 0.2) is 36.7 Å². The fourth-order valence-electron chi connectivity index (χ4n) is 4.93. The molecule has 0 amide bonds. The topological polar surface area (TPSA) is 84.4 Å². The number of hydrogen-bond donors (Lipinski definition) is 2. The monoisotopic (exact) mass is 502 g/mol. The molecule has 0 atom stereocenters. The van der Waals surface area contributed by atoms with Crippen molar-refractivity contribution in [3.8, 4) is 22.8 Å². The molecule has 6 rings (SSSR count). The average Bonchev–Trinajstić information content (AvgIpc) is 2.88. The number of methoxy groups -OCH3 is 1. The van der Waals surface area contributed by atoms with Gasteiger partial charge in [-0.25, -0.2) is 15.0 Å².